The van der Waals surface area contributed by atoms with E-state index in [2.05, 4.69) is 77.6 Å². The van der Waals surface area contributed by atoms with Crippen molar-refractivity contribution in [3.63, 3.8) is 0 Å². The molecule has 0 spiro atoms. The van der Waals surface area contributed by atoms with Crippen LogP contribution in [0, 0.1) is 0 Å². The number of hydrogen-bond donors (Lipinski definition) is 0. The maximum atomic E-state index is 4.51. The average molecular weight is 336 g/mol. The maximum absolute atomic E-state index is 4.51. The summed E-state index contributed by atoms with van der Waals surface area (Å²) >= 11 is 1.58. The molecule has 122 valence electrons. The van der Waals surface area contributed by atoms with Crippen LogP contribution in [0.25, 0.3) is 22.5 Å². The van der Waals surface area contributed by atoms with E-state index < -0.39 is 0 Å². The Kier molecular flexibility index (Phi) is 3.81. The van der Waals surface area contributed by atoms with E-state index in [1.54, 1.807) is 11.9 Å². The number of rotatable bonds is 2. The lowest BCUT2D eigenvalue weighted by atomic mass is 9.95. The van der Waals surface area contributed by atoms with Crippen molar-refractivity contribution in [3.05, 3.63) is 54.1 Å². The first kappa shape index (κ1) is 15.3. The molecule has 3 aromatic rings. The molecule has 1 aliphatic heterocycles. The summed E-state index contributed by atoms with van der Waals surface area (Å²) in [7, 11) is 0. The third-order valence-corrected chi connectivity index (χ3v) is 5.12. The van der Waals surface area contributed by atoms with Crippen molar-refractivity contribution in [1.29, 1.82) is 0 Å². The van der Waals surface area contributed by atoms with Gasteiger partial charge in [-0.3, -0.25) is 0 Å². The number of aromatic nitrogens is 3. The highest BCUT2D eigenvalue weighted by molar-refractivity contribution is 7.97. The van der Waals surface area contributed by atoms with Crippen molar-refractivity contribution >= 4 is 17.6 Å². The van der Waals surface area contributed by atoms with Crippen molar-refractivity contribution in [2.45, 2.75) is 26.4 Å². The number of nitrogens with zero attached hydrogens (tertiary/aromatic N) is 4. The largest absolute Gasteiger partial charge is 0.364 e. The van der Waals surface area contributed by atoms with Gasteiger partial charge in [-0.05, 0) is 37.4 Å². The molecular weight excluding hydrogens is 316 g/mol. The zero-order valence-electron chi connectivity index (χ0n) is 14.1. The Balaban J connectivity index is 2.09. The summed E-state index contributed by atoms with van der Waals surface area (Å²) in [5, 5.41) is 8.89. The molecule has 0 N–H and O–H groups in total. The maximum Gasteiger partial charge on any atom is 0.122 e. The lowest BCUT2D eigenvalue weighted by Crippen LogP contribution is -2.31. The third kappa shape index (κ3) is 2.31. The van der Waals surface area contributed by atoms with E-state index in [-0.39, 0.29) is 0 Å². The van der Waals surface area contributed by atoms with Gasteiger partial charge >= 0.3 is 0 Å². The van der Waals surface area contributed by atoms with Gasteiger partial charge in [-0.1, -0.05) is 47.7 Å². The molecule has 0 radical (unpaired) electrons. The van der Waals surface area contributed by atoms with E-state index in [4.69, 9.17) is 0 Å². The van der Waals surface area contributed by atoms with Crippen molar-refractivity contribution < 1.29 is 0 Å². The fourth-order valence-electron chi connectivity index (χ4n) is 3.35. The molecular formula is C19H20N4S. The molecule has 24 heavy (non-hydrogen) atoms. The van der Waals surface area contributed by atoms with Crippen LogP contribution in [0.3, 0.4) is 0 Å². The molecule has 0 amide bonds. The lowest BCUT2D eigenvalue weighted by Gasteiger charge is -2.33. The summed E-state index contributed by atoms with van der Waals surface area (Å²) < 4.78 is 1.93. The molecule has 1 aromatic heterocycles. The van der Waals surface area contributed by atoms with Crippen LogP contribution >= 0.6 is 11.9 Å². The zero-order chi connectivity index (χ0) is 16.7. The molecule has 0 atom stereocenters. The highest BCUT2D eigenvalue weighted by atomic mass is 32.2. The number of anilines is 1. The normalized spacial score (nSPS) is 13.1. The minimum Gasteiger partial charge on any atom is -0.364 e. The first-order valence-electron chi connectivity index (χ1n) is 8.15. The van der Waals surface area contributed by atoms with Crippen molar-refractivity contribution in [3.8, 4) is 22.5 Å². The van der Waals surface area contributed by atoms with Gasteiger partial charge < -0.3 is 4.90 Å². The predicted octanol–water partition coefficient (Wildman–Crippen LogP) is 4.47. The molecule has 5 heteroatoms. The average Bonchev–Trinajstić information content (AvgIpc) is 3.01. The van der Waals surface area contributed by atoms with E-state index in [1.165, 1.54) is 22.4 Å². The quantitative estimate of drug-likeness (QED) is 0.691. The van der Waals surface area contributed by atoms with Crippen LogP contribution < -0.4 is 4.90 Å². The fourth-order valence-corrected chi connectivity index (χ4v) is 3.83. The summed E-state index contributed by atoms with van der Waals surface area (Å²) in [6.45, 7) is 5.36. The van der Waals surface area contributed by atoms with Crippen LogP contribution in [0.1, 0.15) is 19.4 Å². The summed E-state index contributed by atoms with van der Waals surface area (Å²) in [6, 6.07) is 17.5. The minimum atomic E-state index is 0.402. The third-order valence-electron chi connectivity index (χ3n) is 4.52. The van der Waals surface area contributed by atoms with Crippen LogP contribution in [-0.2, 0) is 6.54 Å². The van der Waals surface area contributed by atoms with Crippen molar-refractivity contribution in [2.24, 2.45) is 0 Å². The predicted molar refractivity (Wildman–Crippen MR) is 101 cm³/mol. The van der Waals surface area contributed by atoms with Crippen LogP contribution in [0.4, 0.5) is 5.69 Å². The molecule has 4 rings (SSSR count). The van der Waals surface area contributed by atoms with E-state index in [0.29, 0.717) is 6.04 Å². The van der Waals surface area contributed by atoms with Gasteiger partial charge in [0, 0.05) is 35.7 Å². The summed E-state index contributed by atoms with van der Waals surface area (Å²) in [5.74, 6) is 0. The molecule has 1 aliphatic rings. The van der Waals surface area contributed by atoms with E-state index >= 15 is 0 Å². The van der Waals surface area contributed by atoms with Crippen LogP contribution in [0.2, 0.25) is 0 Å². The molecule has 0 aliphatic carbocycles. The van der Waals surface area contributed by atoms with Crippen molar-refractivity contribution in [1.82, 2.24) is 14.4 Å². The Labute approximate surface area is 146 Å². The molecule has 0 saturated carbocycles. The highest BCUT2D eigenvalue weighted by Crippen LogP contribution is 2.42. The molecule has 2 heterocycles. The van der Waals surface area contributed by atoms with Gasteiger partial charge in [0.15, 0.2) is 0 Å². The number of para-hydroxylation sites is 1. The molecule has 0 bridgehead atoms. The Morgan fingerprint density at radius 2 is 1.71 bits per heavy atom. The molecule has 0 saturated heterocycles. The second-order valence-electron chi connectivity index (χ2n) is 6.24. The van der Waals surface area contributed by atoms with Crippen molar-refractivity contribution in [2.75, 3.05) is 11.2 Å². The Morgan fingerprint density at radius 3 is 2.46 bits per heavy atom. The van der Waals surface area contributed by atoms with Gasteiger partial charge in [-0.15, -0.1) is 5.10 Å². The summed E-state index contributed by atoms with van der Waals surface area (Å²) in [5.41, 5.74) is 6.94. The standard InChI is InChI=1S/C19H20N4S/c1-13(2)22-12-14-8-4-5-9-15(14)18-19(23(24-3)21-20-18)16-10-6-7-11-17(16)22/h4-11,13H,12H2,1-3H3. The lowest BCUT2D eigenvalue weighted by molar-refractivity contribution is 0.683. The van der Waals surface area contributed by atoms with Gasteiger partial charge in [0.1, 0.15) is 11.4 Å². The topological polar surface area (TPSA) is 34.0 Å². The Bertz CT molecular complexity index is 885. The van der Waals surface area contributed by atoms with Crippen LogP contribution in [0.5, 0.6) is 0 Å². The monoisotopic (exact) mass is 336 g/mol. The Hall–Kier alpha value is -2.27. The van der Waals surface area contributed by atoms with Crippen LogP contribution in [-0.4, -0.2) is 26.7 Å². The first-order valence-corrected chi connectivity index (χ1v) is 9.33. The number of fused-ring (bicyclic) bond motifs is 5. The van der Waals surface area contributed by atoms with Gasteiger partial charge in [0.25, 0.3) is 0 Å². The zero-order valence-corrected chi connectivity index (χ0v) is 14.9. The fraction of sp³-hybridized carbons (Fsp3) is 0.263. The summed E-state index contributed by atoms with van der Waals surface area (Å²) in [6.07, 6.45) is 2.03. The highest BCUT2D eigenvalue weighted by Gasteiger charge is 2.27. The Morgan fingerprint density at radius 1 is 1.00 bits per heavy atom. The van der Waals surface area contributed by atoms with Crippen LogP contribution in [0.15, 0.2) is 48.5 Å². The van der Waals surface area contributed by atoms with Gasteiger partial charge in [0.05, 0.1) is 0 Å². The molecule has 0 fully saturated rings. The van der Waals surface area contributed by atoms with E-state index in [0.717, 1.165) is 17.9 Å². The minimum absolute atomic E-state index is 0.402. The number of benzene rings is 2. The smallest absolute Gasteiger partial charge is 0.122 e. The second kappa shape index (κ2) is 5.98. The molecule has 0 unspecified atom stereocenters. The van der Waals surface area contributed by atoms with E-state index in [9.17, 15) is 0 Å². The molecule has 4 nitrogen and oxygen atoms in total. The summed E-state index contributed by atoms with van der Waals surface area (Å²) in [4.78, 5) is 2.45. The second-order valence-corrected chi connectivity index (χ2v) is 6.95. The van der Waals surface area contributed by atoms with Gasteiger partial charge in [-0.25, -0.2) is 0 Å². The first-order chi connectivity index (χ1) is 11.7. The van der Waals surface area contributed by atoms with Gasteiger partial charge in [0.2, 0.25) is 0 Å². The SMILES string of the molecule is CSn1nnc2c1-c1ccccc1N(C(C)C)Cc1ccccc1-2. The number of hydrogen-bond acceptors (Lipinski definition) is 4. The molecule has 2 aromatic carbocycles. The van der Waals surface area contributed by atoms with Gasteiger partial charge in [-0.2, -0.15) is 4.09 Å². The van der Waals surface area contributed by atoms with E-state index in [1.807, 2.05) is 10.3 Å².